The normalized spacial score (nSPS) is 16.9. The molecule has 1 fully saturated rings. The van der Waals surface area contributed by atoms with E-state index in [0.717, 1.165) is 12.1 Å². The Labute approximate surface area is 121 Å². The second kappa shape index (κ2) is 10.7. The van der Waals surface area contributed by atoms with Crippen LogP contribution in [0.2, 0.25) is 0 Å². The molecular weight excluding hydrogens is 258 g/mol. The number of amides is 1. The van der Waals surface area contributed by atoms with Crippen molar-refractivity contribution in [2.24, 2.45) is 7.05 Å². The molecule has 0 aromatic carbocycles. The summed E-state index contributed by atoms with van der Waals surface area (Å²) in [5.41, 5.74) is 0.935. The minimum Gasteiger partial charge on any atom is -0.341 e. The van der Waals surface area contributed by atoms with Crippen LogP contribution in [0.1, 0.15) is 27.7 Å². The van der Waals surface area contributed by atoms with Gasteiger partial charge in [0.2, 0.25) is 5.91 Å². The van der Waals surface area contributed by atoms with Crippen molar-refractivity contribution in [2.75, 3.05) is 13.3 Å². The predicted octanol–water partition coefficient (Wildman–Crippen LogP) is 3.18. The lowest BCUT2D eigenvalue weighted by Gasteiger charge is -2.08. The van der Waals surface area contributed by atoms with Gasteiger partial charge in [0.05, 0.1) is 11.6 Å². The first-order chi connectivity index (χ1) is 8.56. The quantitative estimate of drug-likeness (QED) is 0.795. The van der Waals surface area contributed by atoms with Gasteiger partial charge in [-0.3, -0.25) is 4.79 Å². The molecule has 1 aromatic rings. The van der Waals surface area contributed by atoms with E-state index in [2.05, 4.69) is 11.6 Å². The number of rotatable bonds is 1. The molecule has 0 bridgehead atoms. The molecule has 4 nitrogen and oxygen atoms in total. The molecule has 1 unspecified atom stereocenters. The Bertz CT molecular complexity index is 363. The van der Waals surface area contributed by atoms with E-state index in [-0.39, 0.29) is 18.6 Å². The van der Waals surface area contributed by atoms with Gasteiger partial charge in [-0.2, -0.15) is 11.8 Å². The molecule has 110 valence electrons. The molecule has 19 heavy (non-hydrogen) atoms. The molecule has 1 amide bonds. The van der Waals surface area contributed by atoms with Crippen molar-refractivity contribution in [1.82, 2.24) is 14.5 Å². The molecule has 0 aliphatic carbocycles. The van der Waals surface area contributed by atoms with E-state index < -0.39 is 0 Å². The Balaban J connectivity index is 0. The number of thioether (sulfide) groups is 1. The fourth-order valence-electron chi connectivity index (χ4n) is 1.32. The first-order valence-electron chi connectivity index (χ1n) is 5.96. The molecule has 1 aromatic heterocycles. The second-order valence-electron chi connectivity index (χ2n) is 3.62. The molecule has 0 saturated carbocycles. The van der Waals surface area contributed by atoms with Gasteiger partial charge in [0, 0.05) is 38.6 Å². The summed E-state index contributed by atoms with van der Waals surface area (Å²) in [6, 6.07) is 0. The highest BCUT2D eigenvalue weighted by atomic mass is 32.2. The summed E-state index contributed by atoms with van der Waals surface area (Å²) in [4.78, 5) is 16.6. The summed E-state index contributed by atoms with van der Waals surface area (Å²) >= 11 is 1.60. The summed E-state index contributed by atoms with van der Waals surface area (Å²) in [6.45, 7) is 7.78. The maximum atomic E-state index is 11.2. The number of likely N-dealkylation sites (tertiary alicyclic amines) is 1. The molecule has 1 atom stereocenters. The van der Waals surface area contributed by atoms with Crippen molar-refractivity contribution in [1.29, 1.82) is 0 Å². The Kier molecular flexibility index (Phi) is 11.3. The minimum absolute atomic E-state index is 0. The summed E-state index contributed by atoms with van der Waals surface area (Å²) in [5.74, 6) is 0.192. The van der Waals surface area contributed by atoms with Gasteiger partial charge in [0.15, 0.2) is 0 Å². The number of hydrogen-bond donors (Lipinski definition) is 0. The van der Waals surface area contributed by atoms with Gasteiger partial charge >= 0.3 is 0 Å². The van der Waals surface area contributed by atoms with Crippen LogP contribution in [-0.4, -0.2) is 38.9 Å². The average molecular weight is 285 g/mol. The average Bonchev–Trinajstić information content (AvgIpc) is 2.96. The van der Waals surface area contributed by atoms with Gasteiger partial charge < -0.3 is 9.47 Å². The predicted molar refractivity (Wildman–Crippen MR) is 85.1 cm³/mol. The Morgan fingerprint density at radius 3 is 2.16 bits per heavy atom. The Morgan fingerprint density at radius 1 is 1.42 bits per heavy atom. The van der Waals surface area contributed by atoms with Gasteiger partial charge in [-0.25, -0.2) is 4.98 Å². The summed E-state index contributed by atoms with van der Waals surface area (Å²) in [6.07, 6.45) is 8.16. The van der Waals surface area contributed by atoms with Crippen molar-refractivity contribution in [3.05, 3.63) is 31.0 Å². The van der Waals surface area contributed by atoms with Crippen LogP contribution in [0.25, 0.3) is 0 Å². The molecule has 2 heterocycles. The van der Waals surface area contributed by atoms with E-state index >= 15 is 0 Å². The van der Waals surface area contributed by atoms with Crippen LogP contribution in [0.3, 0.4) is 0 Å². The maximum Gasteiger partial charge on any atom is 0.239 e. The van der Waals surface area contributed by atoms with E-state index in [0.29, 0.717) is 0 Å². The number of allylic oxidation sites excluding steroid dienone is 1. The summed E-state index contributed by atoms with van der Waals surface area (Å²) in [5, 5.41) is 0.123. The number of aromatic nitrogens is 2. The highest BCUT2D eigenvalue weighted by Crippen LogP contribution is 2.27. The van der Waals surface area contributed by atoms with Crippen LogP contribution in [0, 0.1) is 0 Å². The van der Waals surface area contributed by atoms with Gasteiger partial charge in [-0.1, -0.05) is 27.9 Å². The van der Waals surface area contributed by atoms with E-state index in [1.807, 2.05) is 37.9 Å². The second-order valence-corrected chi connectivity index (χ2v) is 4.66. The van der Waals surface area contributed by atoms with Crippen molar-refractivity contribution < 1.29 is 4.79 Å². The Hall–Kier alpha value is -1.23. The van der Waals surface area contributed by atoms with Crippen molar-refractivity contribution in [3.63, 3.8) is 0 Å². The van der Waals surface area contributed by atoms with Crippen LogP contribution in [0.5, 0.6) is 0 Å². The first kappa shape index (κ1) is 20.1. The van der Waals surface area contributed by atoms with E-state index in [1.165, 1.54) is 0 Å². The number of aryl methyl sites for hydroxylation is 1. The summed E-state index contributed by atoms with van der Waals surface area (Å²) in [7, 11) is 3.72. The maximum absolute atomic E-state index is 11.2. The lowest BCUT2D eigenvalue weighted by molar-refractivity contribution is -0.125. The van der Waals surface area contributed by atoms with Crippen LogP contribution in [0.4, 0.5) is 0 Å². The molecule has 0 spiro atoms. The number of carbonyl (C=O) groups excluding carboxylic acids is 1. The SMILES string of the molecule is C.C=C1CC(SC)C(=O)N1C.CC.Cn1ccnc1. The molecule has 0 radical (unpaired) electrons. The lowest BCUT2D eigenvalue weighted by atomic mass is 10.3. The highest BCUT2D eigenvalue weighted by Gasteiger charge is 2.30. The molecule has 0 N–H and O–H groups in total. The largest absolute Gasteiger partial charge is 0.341 e. The van der Waals surface area contributed by atoms with Crippen molar-refractivity contribution in [2.45, 2.75) is 32.9 Å². The molecule has 1 aliphatic heterocycles. The van der Waals surface area contributed by atoms with Gasteiger partial charge in [-0.15, -0.1) is 0 Å². The molecule has 5 heteroatoms. The van der Waals surface area contributed by atoms with E-state index in [9.17, 15) is 4.79 Å². The van der Waals surface area contributed by atoms with Crippen LogP contribution in [0.15, 0.2) is 31.0 Å². The van der Waals surface area contributed by atoms with Gasteiger partial charge in [0.25, 0.3) is 0 Å². The molecule has 1 saturated heterocycles. The molecule has 2 rings (SSSR count). The van der Waals surface area contributed by atoms with E-state index in [1.54, 1.807) is 36.2 Å². The third kappa shape index (κ3) is 6.47. The fraction of sp³-hybridized carbons (Fsp3) is 0.571. The number of hydrogen-bond acceptors (Lipinski definition) is 3. The third-order valence-electron chi connectivity index (χ3n) is 2.42. The zero-order valence-corrected chi connectivity index (χ0v) is 12.7. The zero-order valence-electron chi connectivity index (χ0n) is 11.9. The Morgan fingerprint density at radius 2 is 2.00 bits per heavy atom. The standard InChI is InChI=1S/C7H11NOS.C4H6N2.C2H6.CH4/c1-5-4-6(10-3)7(9)8(5)2;1-6-3-2-5-4-6;1-2;/h6H,1,4H2,2-3H3;2-4H,1H3;1-2H3;1H4. The zero-order chi connectivity index (χ0) is 14.1. The fourth-order valence-corrected chi connectivity index (χ4v) is 2.04. The van der Waals surface area contributed by atoms with Crippen LogP contribution < -0.4 is 0 Å². The number of nitrogens with zero attached hydrogens (tertiary/aromatic N) is 3. The van der Waals surface area contributed by atoms with Crippen LogP contribution in [-0.2, 0) is 11.8 Å². The van der Waals surface area contributed by atoms with Crippen molar-refractivity contribution >= 4 is 17.7 Å². The summed E-state index contributed by atoms with van der Waals surface area (Å²) < 4.78 is 1.89. The molecule has 1 aliphatic rings. The highest BCUT2D eigenvalue weighted by molar-refractivity contribution is 7.99. The lowest BCUT2D eigenvalue weighted by Crippen LogP contribution is -2.22. The number of imidazole rings is 1. The monoisotopic (exact) mass is 285 g/mol. The van der Waals surface area contributed by atoms with Crippen molar-refractivity contribution in [3.8, 4) is 0 Å². The molecular formula is C14H27N3OS. The smallest absolute Gasteiger partial charge is 0.239 e. The van der Waals surface area contributed by atoms with Gasteiger partial charge in [-0.05, 0) is 6.26 Å². The third-order valence-corrected chi connectivity index (χ3v) is 3.36. The van der Waals surface area contributed by atoms with Gasteiger partial charge in [0.1, 0.15) is 0 Å². The van der Waals surface area contributed by atoms with E-state index in [4.69, 9.17) is 0 Å². The first-order valence-corrected chi connectivity index (χ1v) is 7.25. The van der Waals surface area contributed by atoms with Crippen LogP contribution >= 0.6 is 11.8 Å². The topological polar surface area (TPSA) is 38.1 Å². The minimum atomic E-state index is 0. The number of carbonyl (C=O) groups is 1.